The van der Waals surface area contributed by atoms with Crippen molar-refractivity contribution in [1.82, 2.24) is 0 Å². The zero-order valence-electron chi connectivity index (χ0n) is 7.58. The molecule has 2 rings (SSSR count). The van der Waals surface area contributed by atoms with Crippen molar-refractivity contribution in [2.45, 2.75) is 4.83 Å². The number of hydrogen-bond donors (Lipinski definition) is 0. The molecular weight excluding hydrogens is 388 g/mol. The Balaban J connectivity index is 2.32. The lowest BCUT2D eigenvalue weighted by atomic mass is 10.1. The van der Waals surface area contributed by atoms with Gasteiger partial charge in [-0.2, -0.15) is 0 Å². The van der Waals surface area contributed by atoms with Crippen molar-refractivity contribution in [2.75, 3.05) is 0 Å². The number of rotatable bonds is 2. The van der Waals surface area contributed by atoms with Crippen molar-refractivity contribution in [1.29, 1.82) is 0 Å². The van der Waals surface area contributed by atoms with E-state index in [4.69, 9.17) is 4.42 Å². The number of alkyl halides is 1. The largest absolute Gasteiger partial charge is 0.457 e. The van der Waals surface area contributed by atoms with E-state index in [2.05, 4.69) is 59.9 Å². The molecule has 0 spiro atoms. The highest BCUT2D eigenvalue weighted by Gasteiger charge is 2.15. The second-order valence-corrected chi connectivity index (χ2v) is 5.62. The lowest BCUT2D eigenvalue weighted by molar-refractivity contribution is 0.537. The van der Waals surface area contributed by atoms with Gasteiger partial charge in [0.05, 0.1) is 11.1 Å². The minimum atomic E-state index is 0.152. The first-order valence-electron chi connectivity index (χ1n) is 4.31. The van der Waals surface area contributed by atoms with Crippen LogP contribution in [0.4, 0.5) is 0 Å². The van der Waals surface area contributed by atoms with Gasteiger partial charge in [-0.05, 0) is 39.7 Å². The van der Waals surface area contributed by atoms with Gasteiger partial charge in [-0.25, -0.2) is 0 Å². The molecule has 0 saturated heterocycles. The average molecular weight is 395 g/mol. The SMILES string of the molecule is Brc1ccc(C(Br)c2ccoc2Br)cc1. The molecule has 1 aromatic carbocycles. The molecule has 0 saturated carbocycles. The lowest BCUT2D eigenvalue weighted by Crippen LogP contribution is -1.90. The lowest BCUT2D eigenvalue weighted by Gasteiger charge is -2.08. The fraction of sp³-hybridized carbons (Fsp3) is 0.0909. The number of halogens is 3. The summed E-state index contributed by atoms with van der Waals surface area (Å²) in [5, 5.41) is 0. The second-order valence-electron chi connectivity index (χ2n) is 3.06. The molecule has 1 aromatic heterocycles. The minimum absolute atomic E-state index is 0.152. The molecule has 1 nitrogen and oxygen atoms in total. The summed E-state index contributed by atoms with van der Waals surface area (Å²) in [4.78, 5) is 0.152. The van der Waals surface area contributed by atoms with Crippen LogP contribution in [0, 0.1) is 0 Å². The molecule has 4 heteroatoms. The normalized spacial score (nSPS) is 12.7. The molecule has 0 radical (unpaired) electrons. The highest BCUT2D eigenvalue weighted by atomic mass is 79.9. The molecule has 0 aliphatic carbocycles. The van der Waals surface area contributed by atoms with Crippen LogP contribution < -0.4 is 0 Å². The van der Waals surface area contributed by atoms with Gasteiger partial charge < -0.3 is 4.42 Å². The summed E-state index contributed by atoms with van der Waals surface area (Å²) in [6.45, 7) is 0. The van der Waals surface area contributed by atoms with Gasteiger partial charge in [0.15, 0.2) is 4.67 Å². The summed E-state index contributed by atoms with van der Waals surface area (Å²) < 4.78 is 7.06. The van der Waals surface area contributed by atoms with Crippen LogP contribution in [-0.4, -0.2) is 0 Å². The van der Waals surface area contributed by atoms with Gasteiger partial charge in [0.1, 0.15) is 0 Å². The Morgan fingerprint density at radius 1 is 1.00 bits per heavy atom. The van der Waals surface area contributed by atoms with E-state index >= 15 is 0 Å². The predicted octanol–water partition coefficient (Wildman–Crippen LogP) is 5.29. The molecule has 1 atom stereocenters. The van der Waals surface area contributed by atoms with Gasteiger partial charge in [-0.1, -0.05) is 44.0 Å². The van der Waals surface area contributed by atoms with Crippen LogP contribution in [-0.2, 0) is 0 Å². The zero-order chi connectivity index (χ0) is 10.8. The maximum absolute atomic E-state index is 5.21. The topological polar surface area (TPSA) is 13.1 Å². The third-order valence-corrected chi connectivity index (χ3v) is 4.28. The number of hydrogen-bond acceptors (Lipinski definition) is 1. The molecule has 0 bridgehead atoms. The summed E-state index contributed by atoms with van der Waals surface area (Å²) in [5.41, 5.74) is 2.29. The number of furan rings is 1. The van der Waals surface area contributed by atoms with Crippen molar-refractivity contribution in [3.05, 3.63) is 56.9 Å². The van der Waals surface area contributed by atoms with E-state index in [9.17, 15) is 0 Å². The maximum Gasteiger partial charge on any atom is 0.173 e. The molecule has 0 aliphatic heterocycles. The highest BCUT2D eigenvalue weighted by Crippen LogP contribution is 2.36. The van der Waals surface area contributed by atoms with Crippen LogP contribution in [0.25, 0.3) is 0 Å². The van der Waals surface area contributed by atoms with Crippen molar-refractivity contribution < 1.29 is 4.42 Å². The molecular formula is C11H7Br3O. The first kappa shape index (κ1) is 11.4. The standard InChI is InChI=1S/C11H7Br3O/c12-8-3-1-7(2-4-8)10(13)9-5-6-15-11(9)14/h1-6,10H. The Morgan fingerprint density at radius 2 is 1.67 bits per heavy atom. The maximum atomic E-state index is 5.21. The molecule has 0 N–H and O–H groups in total. The van der Waals surface area contributed by atoms with Crippen LogP contribution in [0.1, 0.15) is 16.0 Å². The third kappa shape index (κ3) is 2.55. The first-order chi connectivity index (χ1) is 7.18. The van der Waals surface area contributed by atoms with E-state index in [0.717, 1.165) is 14.7 Å². The molecule has 78 valence electrons. The molecule has 0 aliphatic rings. The van der Waals surface area contributed by atoms with Gasteiger partial charge >= 0.3 is 0 Å². The van der Waals surface area contributed by atoms with Crippen molar-refractivity contribution >= 4 is 47.8 Å². The van der Waals surface area contributed by atoms with E-state index in [0.29, 0.717) is 0 Å². The molecule has 1 heterocycles. The first-order valence-corrected chi connectivity index (χ1v) is 6.81. The number of benzene rings is 1. The Labute approximate surface area is 113 Å². The summed E-state index contributed by atoms with van der Waals surface area (Å²) in [7, 11) is 0. The van der Waals surface area contributed by atoms with Crippen molar-refractivity contribution in [2.24, 2.45) is 0 Å². The predicted molar refractivity (Wildman–Crippen MR) is 71.3 cm³/mol. The Kier molecular flexibility index (Phi) is 3.69. The van der Waals surface area contributed by atoms with Gasteiger partial charge in [-0.15, -0.1) is 0 Å². The van der Waals surface area contributed by atoms with Crippen LogP contribution in [0.5, 0.6) is 0 Å². The fourth-order valence-electron chi connectivity index (χ4n) is 1.30. The van der Waals surface area contributed by atoms with E-state index in [1.807, 2.05) is 18.2 Å². The van der Waals surface area contributed by atoms with Crippen LogP contribution >= 0.6 is 47.8 Å². The second kappa shape index (κ2) is 4.85. The van der Waals surface area contributed by atoms with Crippen LogP contribution in [0.2, 0.25) is 0 Å². The smallest absolute Gasteiger partial charge is 0.173 e. The Bertz CT molecular complexity index is 447. The van der Waals surface area contributed by atoms with Gasteiger partial charge in [-0.3, -0.25) is 0 Å². The van der Waals surface area contributed by atoms with E-state index in [1.165, 1.54) is 5.56 Å². The fourth-order valence-corrected chi connectivity index (χ4v) is 3.00. The summed E-state index contributed by atoms with van der Waals surface area (Å²) in [5.74, 6) is 0. The molecule has 0 amide bonds. The quantitative estimate of drug-likeness (QED) is 0.631. The van der Waals surface area contributed by atoms with Crippen LogP contribution in [0.3, 0.4) is 0 Å². The third-order valence-electron chi connectivity index (χ3n) is 2.08. The monoisotopic (exact) mass is 392 g/mol. The average Bonchev–Trinajstić information content (AvgIpc) is 2.65. The molecule has 0 fully saturated rings. The molecule has 15 heavy (non-hydrogen) atoms. The summed E-state index contributed by atoms with van der Waals surface area (Å²) >= 11 is 10.4. The minimum Gasteiger partial charge on any atom is -0.457 e. The summed E-state index contributed by atoms with van der Waals surface area (Å²) in [6, 6.07) is 10.1. The molecule has 1 unspecified atom stereocenters. The van der Waals surface area contributed by atoms with Crippen LogP contribution in [0.15, 0.2) is 50.2 Å². The van der Waals surface area contributed by atoms with Crippen molar-refractivity contribution in [3.63, 3.8) is 0 Å². The van der Waals surface area contributed by atoms with E-state index in [-0.39, 0.29) is 4.83 Å². The van der Waals surface area contributed by atoms with Gasteiger partial charge in [0, 0.05) is 10.0 Å². The van der Waals surface area contributed by atoms with Crippen molar-refractivity contribution in [3.8, 4) is 0 Å². The zero-order valence-corrected chi connectivity index (χ0v) is 12.3. The Hall–Kier alpha value is -0.0600. The Morgan fingerprint density at radius 3 is 2.20 bits per heavy atom. The van der Waals surface area contributed by atoms with E-state index in [1.54, 1.807) is 6.26 Å². The van der Waals surface area contributed by atoms with Gasteiger partial charge in [0.2, 0.25) is 0 Å². The van der Waals surface area contributed by atoms with Gasteiger partial charge in [0.25, 0.3) is 0 Å². The highest BCUT2D eigenvalue weighted by molar-refractivity contribution is 9.11. The molecule has 2 aromatic rings. The van der Waals surface area contributed by atoms with E-state index < -0.39 is 0 Å². The summed E-state index contributed by atoms with van der Waals surface area (Å²) in [6.07, 6.45) is 1.67.